The highest BCUT2D eigenvalue weighted by Gasteiger charge is 2.47. The zero-order chi connectivity index (χ0) is 39.9. The second kappa shape index (κ2) is 17.4. The van der Waals surface area contributed by atoms with Crippen LogP contribution in [0.3, 0.4) is 0 Å². The molecular weight excluding hydrogens is 711 g/mol. The first-order chi connectivity index (χ1) is 26.2. The number of aromatic amines is 1. The number of carbonyl (C=O) groups excluding carboxylic acids is 4. The van der Waals surface area contributed by atoms with Gasteiger partial charge in [0.05, 0.1) is 18.3 Å². The predicted molar refractivity (Wildman–Crippen MR) is 203 cm³/mol. The summed E-state index contributed by atoms with van der Waals surface area (Å²) in [6.45, 7) is 11.1. The third-order valence-corrected chi connectivity index (χ3v) is 10.8. The van der Waals surface area contributed by atoms with E-state index in [2.05, 4.69) is 37.8 Å². The minimum Gasteiger partial charge on any atom is -0.358 e. The van der Waals surface area contributed by atoms with Crippen LogP contribution in [-0.4, -0.2) is 55.9 Å². The molecule has 1 aliphatic rings. The summed E-state index contributed by atoms with van der Waals surface area (Å²) in [5.74, 6) is -6.55. The molecule has 0 saturated carbocycles. The first-order valence-electron chi connectivity index (χ1n) is 18.8. The summed E-state index contributed by atoms with van der Waals surface area (Å²) in [6, 6.07) is 9.31. The van der Waals surface area contributed by atoms with Crippen LogP contribution in [0.1, 0.15) is 75.8 Å². The fourth-order valence-electron chi connectivity index (χ4n) is 7.00. The normalized spacial score (nSPS) is 17.7. The number of fused-ring (bicyclic) bond motifs is 3. The average molecular weight is 762 g/mol. The van der Waals surface area contributed by atoms with Crippen LogP contribution in [0.5, 0.6) is 0 Å². The summed E-state index contributed by atoms with van der Waals surface area (Å²) >= 11 is 0. The standard InChI is InChI=1S/C41H50F3N7O4/c1-6-25(4)35(47-34(53)22-27-12-9-10-15-31(27)42)38(54)50-40(39(55)49-37(26(5)7-2)48-33(52)17-20-51-21-19-45-24-51)18-16-32-29(23-40)28-13-11-14-30(36(28)46-32)41(43,44)8-3/h8-15,19,21,24-26,35,37,46H,3,6-7,16-18,20,22-23H2,1-2,4-5H3,(H,47,53)(H,48,52)(H,49,55)(H,50,54)/t25?,26?,35-,37-,40+/m0/s1. The molecule has 294 valence electrons. The minimum absolute atomic E-state index is 0.0682. The van der Waals surface area contributed by atoms with E-state index in [1.807, 2.05) is 20.8 Å². The van der Waals surface area contributed by atoms with Crippen molar-refractivity contribution in [3.05, 3.63) is 102 Å². The third-order valence-electron chi connectivity index (χ3n) is 10.8. The van der Waals surface area contributed by atoms with E-state index in [0.29, 0.717) is 42.1 Å². The summed E-state index contributed by atoms with van der Waals surface area (Å²) in [6.07, 6.45) is 5.87. The topological polar surface area (TPSA) is 150 Å². The Morgan fingerprint density at radius 3 is 2.44 bits per heavy atom. The lowest BCUT2D eigenvalue weighted by molar-refractivity contribution is -0.138. The van der Waals surface area contributed by atoms with Crippen LogP contribution in [0.2, 0.25) is 0 Å². The van der Waals surface area contributed by atoms with E-state index in [9.17, 15) is 23.6 Å². The van der Waals surface area contributed by atoms with Crippen molar-refractivity contribution in [1.82, 2.24) is 35.8 Å². The Kier molecular flexibility index (Phi) is 12.9. The number of alkyl halides is 2. The molecule has 0 aliphatic heterocycles. The molecule has 0 fully saturated rings. The second-order valence-electron chi connectivity index (χ2n) is 14.5. The molecule has 0 radical (unpaired) electrons. The maximum absolute atomic E-state index is 15.0. The Balaban J connectivity index is 1.48. The molecule has 4 aromatic rings. The number of aromatic nitrogens is 3. The van der Waals surface area contributed by atoms with Crippen LogP contribution in [-0.2, 0) is 50.9 Å². The lowest BCUT2D eigenvalue weighted by Gasteiger charge is -2.40. The van der Waals surface area contributed by atoms with Gasteiger partial charge in [0.2, 0.25) is 23.6 Å². The monoisotopic (exact) mass is 761 g/mol. The summed E-state index contributed by atoms with van der Waals surface area (Å²) in [7, 11) is 0. The Bertz CT molecular complexity index is 2010. The summed E-state index contributed by atoms with van der Waals surface area (Å²) in [4.78, 5) is 62.7. The number of hydrogen-bond donors (Lipinski definition) is 5. The van der Waals surface area contributed by atoms with Crippen LogP contribution < -0.4 is 21.3 Å². The molecule has 5 rings (SSSR count). The van der Waals surface area contributed by atoms with Crippen molar-refractivity contribution in [2.75, 3.05) is 0 Å². The summed E-state index contributed by atoms with van der Waals surface area (Å²) in [5, 5.41) is 12.2. The van der Waals surface area contributed by atoms with Crippen molar-refractivity contribution in [1.29, 1.82) is 0 Å². The molecule has 5 N–H and O–H groups in total. The molecule has 2 unspecified atom stereocenters. The highest BCUT2D eigenvalue weighted by atomic mass is 19.3. The number of carbonyl (C=O) groups is 4. The highest BCUT2D eigenvalue weighted by Crippen LogP contribution is 2.40. The Morgan fingerprint density at radius 1 is 1.02 bits per heavy atom. The number of H-pyrrole nitrogens is 1. The molecule has 4 amide bonds. The predicted octanol–water partition coefficient (Wildman–Crippen LogP) is 5.59. The van der Waals surface area contributed by atoms with Gasteiger partial charge in [-0.3, -0.25) is 19.2 Å². The molecule has 1 aliphatic carbocycles. The number of nitrogens with zero attached hydrogens (tertiary/aromatic N) is 2. The number of allylic oxidation sites excluding steroid dienone is 1. The van der Waals surface area contributed by atoms with Gasteiger partial charge in [-0.15, -0.1) is 0 Å². The van der Waals surface area contributed by atoms with Gasteiger partial charge >= 0.3 is 0 Å². The number of nitrogens with one attached hydrogen (secondary N) is 5. The fourth-order valence-corrected chi connectivity index (χ4v) is 7.00. The molecule has 5 atom stereocenters. The molecule has 0 saturated heterocycles. The lowest BCUT2D eigenvalue weighted by Crippen LogP contribution is -2.67. The molecular formula is C41H50F3N7O4. The van der Waals surface area contributed by atoms with Crippen molar-refractivity contribution in [3.8, 4) is 0 Å². The average Bonchev–Trinajstić information content (AvgIpc) is 3.84. The number of para-hydroxylation sites is 1. The van der Waals surface area contributed by atoms with Crippen LogP contribution in [0, 0.1) is 17.7 Å². The van der Waals surface area contributed by atoms with Crippen LogP contribution in [0.15, 0.2) is 73.8 Å². The van der Waals surface area contributed by atoms with E-state index >= 15 is 8.78 Å². The van der Waals surface area contributed by atoms with Crippen LogP contribution in [0.25, 0.3) is 10.9 Å². The smallest absolute Gasteiger partial charge is 0.293 e. The van der Waals surface area contributed by atoms with Gasteiger partial charge in [-0.2, -0.15) is 8.78 Å². The molecule has 0 spiro atoms. The number of amides is 4. The molecule has 14 heteroatoms. The van der Waals surface area contributed by atoms with E-state index < -0.39 is 47.2 Å². The highest BCUT2D eigenvalue weighted by molar-refractivity contribution is 5.97. The first-order valence-corrected chi connectivity index (χ1v) is 18.8. The third kappa shape index (κ3) is 9.29. The van der Waals surface area contributed by atoms with Crippen molar-refractivity contribution >= 4 is 34.5 Å². The number of benzene rings is 2. The van der Waals surface area contributed by atoms with E-state index in [0.717, 1.165) is 0 Å². The van der Waals surface area contributed by atoms with Gasteiger partial charge in [0.25, 0.3) is 5.92 Å². The van der Waals surface area contributed by atoms with Gasteiger partial charge < -0.3 is 30.8 Å². The van der Waals surface area contributed by atoms with E-state index in [-0.39, 0.29) is 66.5 Å². The number of imidazole rings is 1. The second-order valence-corrected chi connectivity index (χ2v) is 14.5. The number of rotatable bonds is 17. The molecule has 55 heavy (non-hydrogen) atoms. The molecule has 11 nitrogen and oxygen atoms in total. The minimum atomic E-state index is -3.33. The molecule has 2 aromatic heterocycles. The number of hydrogen-bond acceptors (Lipinski definition) is 5. The number of halogens is 3. The maximum Gasteiger partial charge on any atom is 0.293 e. The van der Waals surface area contributed by atoms with E-state index in [1.165, 1.54) is 30.3 Å². The van der Waals surface area contributed by atoms with E-state index in [1.54, 1.807) is 42.3 Å². The van der Waals surface area contributed by atoms with Gasteiger partial charge in [-0.25, -0.2) is 9.37 Å². The largest absolute Gasteiger partial charge is 0.358 e. The van der Waals surface area contributed by atoms with Crippen molar-refractivity contribution in [2.45, 2.75) is 103 Å². The zero-order valence-corrected chi connectivity index (χ0v) is 31.7. The quantitative estimate of drug-likeness (QED) is 0.0703. The van der Waals surface area contributed by atoms with Gasteiger partial charge in [-0.1, -0.05) is 77.1 Å². The SMILES string of the molecule is C=CC(F)(F)c1cccc2c3c([nH]c12)CC[C@](NC(=O)[C@@H](NC(=O)Cc1ccccc1F)C(C)CC)(C(=O)N[C@H](NC(=O)CCn1ccnc1)C(C)CC)C3. The molecule has 0 bridgehead atoms. The summed E-state index contributed by atoms with van der Waals surface area (Å²) in [5.41, 5.74) is -0.262. The Labute approximate surface area is 318 Å². The van der Waals surface area contributed by atoms with Crippen molar-refractivity contribution in [3.63, 3.8) is 0 Å². The summed E-state index contributed by atoms with van der Waals surface area (Å²) < 4.78 is 46.3. The lowest BCUT2D eigenvalue weighted by atomic mass is 9.78. The Morgan fingerprint density at radius 2 is 1.76 bits per heavy atom. The van der Waals surface area contributed by atoms with Gasteiger partial charge in [0.1, 0.15) is 23.6 Å². The molecule has 2 aromatic carbocycles. The Hall–Kier alpha value is -5.40. The van der Waals surface area contributed by atoms with Gasteiger partial charge in [-0.05, 0) is 54.4 Å². The van der Waals surface area contributed by atoms with Gasteiger partial charge in [0.15, 0.2) is 0 Å². The fraction of sp³-hybridized carbons (Fsp3) is 0.439. The number of aryl methyl sites for hydroxylation is 2. The van der Waals surface area contributed by atoms with Crippen LogP contribution in [0.4, 0.5) is 13.2 Å². The van der Waals surface area contributed by atoms with Crippen molar-refractivity contribution < 1.29 is 32.3 Å². The zero-order valence-electron chi connectivity index (χ0n) is 31.7. The van der Waals surface area contributed by atoms with E-state index in [4.69, 9.17) is 0 Å². The van der Waals surface area contributed by atoms with Crippen LogP contribution >= 0.6 is 0 Å². The van der Waals surface area contributed by atoms with Gasteiger partial charge in [0, 0.05) is 48.4 Å². The molecule has 2 heterocycles. The maximum atomic E-state index is 15.0. The first kappa shape index (κ1) is 40.8. The van der Waals surface area contributed by atoms with Crippen molar-refractivity contribution in [2.24, 2.45) is 11.8 Å².